The molecule has 108 valence electrons. The van der Waals surface area contributed by atoms with E-state index in [1.165, 1.54) is 4.31 Å². The summed E-state index contributed by atoms with van der Waals surface area (Å²) in [5.41, 5.74) is 0. The molecule has 1 fully saturated rings. The van der Waals surface area contributed by atoms with Crippen LogP contribution in [0, 0.1) is 0 Å². The second-order valence-corrected chi connectivity index (χ2v) is 6.61. The molecule has 1 rings (SSSR count). The molecule has 1 heterocycles. The summed E-state index contributed by atoms with van der Waals surface area (Å²) in [4.78, 5) is 0. The highest BCUT2D eigenvalue weighted by Gasteiger charge is 2.26. The number of nitrogens with one attached hydrogen (secondary N) is 2. The van der Waals surface area contributed by atoms with Crippen molar-refractivity contribution in [1.29, 1.82) is 0 Å². The van der Waals surface area contributed by atoms with Crippen LogP contribution in [-0.4, -0.2) is 58.7 Å². The zero-order valence-corrected chi connectivity index (χ0v) is 12.3. The highest BCUT2D eigenvalue weighted by Crippen LogP contribution is 2.14. The number of ether oxygens (including phenoxy) is 1. The van der Waals surface area contributed by atoms with Crippen molar-refractivity contribution in [2.75, 3.05) is 33.8 Å². The lowest BCUT2D eigenvalue weighted by Crippen LogP contribution is -2.47. The Hall–Kier alpha value is -0.210. The fourth-order valence-corrected chi connectivity index (χ4v) is 3.19. The standard InChI is InChI=1S/C11H25N3O3S/c1-10-9-11(5-8-17-10)13-18(15,16)14(3)7-4-6-12-2/h10-13H,4-9H2,1-3H3. The maximum Gasteiger partial charge on any atom is 0.279 e. The number of rotatable bonds is 7. The summed E-state index contributed by atoms with van der Waals surface area (Å²) in [6.45, 7) is 3.93. The highest BCUT2D eigenvalue weighted by molar-refractivity contribution is 7.87. The van der Waals surface area contributed by atoms with Gasteiger partial charge < -0.3 is 10.1 Å². The Morgan fingerprint density at radius 1 is 1.44 bits per heavy atom. The molecule has 1 aliphatic heterocycles. The van der Waals surface area contributed by atoms with Crippen molar-refractivity contribution < 1.29 is 13.2 Å². The van der Waals surface area contributed by atoms with Gasteiger partial charge in [0.25, 0.3) is 10.2 Å². The van der Waals surface area contributed by atoms with Crippen molar-refractivity contribution in [3.63, 3.8) is 0 Å². The summed E-state index contributed by atoms with van der Waals surface area (Å²) in [5, 5.41) is 3.00. The van der Waals surface area contributed by atoms with Gasteiger partial charge in [0.2, 0.25) is 0 Å². The van der Waals surface area contributed by atoms with Gasteiger partial charge in [-0.05, 0) is 39.8 Å². The topological polar surface area (TPSA) is 70.7 Å². The van der Waals surface area contributed by atoms with E-state index in [1.54, 1.807) is 7.05 Å². The predicted molar refractivity (Wildman–Crippen MR) is 71.7 cm³/mol. The van der Waals surface area contributed by atoms with Crippen molar-refractivity contribution in [2.24, 2.45) is 0 Å². The first-order valence-corrected chi connectivity index (χ1v) is 7.89. The monoisotopic (exact) mass is 279 g/mol. The minimum Gasteiger partial charge on any atom is -0.378 e. The van der Waals surface area contributed by atoms with Gasteiger partial charge in [0.1, 0.15) is 0 Å². The van der Waals surface area contributed by atoms with E-state index in [0.29, 0.717) is 13.2 Å². The summed E-state index contributed by atoms with van der Waals surface area (Å²) >= 11 is 0. The van der Waals surface area contributed by atoms with E-state index in [1.807, 2.05) is 14.0 Å². The van der Waals surface area contributed by atoms with E-state index >= 15 is 0 Å². The Bertz CT molecular complexity index is 334. The van der Waals surface area contributed by atoms with Crippen LogP contribution in [0.1, 0.15) is 26.2 Å². The molecule has 2 atom stereocenters. The molecule has 0 aromatic rings. The highest BCUT2D eigenvalue weighted by atomic mass is 32.2. The first kappa shape index (κ1) is 15.8. The third-order valence-electron chi connectivity index (χ3n) is 3.11. The molecule has 1 aliphatic rings. The zero-order chi connectivity index (χ0) is 13.6. The molecule has 2 N–H and O–H groups in total. The van der Waals surface area contributed by atoms with E-state index in [-0.39, 0.29) is 12.1 Å². The second kappa shape index (κ2) is 7.40. The Morgan fingerprint density at radius 3 is 2.78 bits per heavy atom. The van der Waals surface area contributed by atoms with Crippen molar-refractivity contribution in [3.05, 3.63) is 0 Å². The number of nitrogens with zero attached hydrogens (tertiary/aromatic N) is 1. The largest absolute Gasteiger partial charge is 0.378 e. The van der Waals surface area contributed by atoms with E-state index in [2.05, 4.69) is 10.0 Å². The van der Waals surface area contributed by atoms with Crippen molar-refractivity contribution in [1.82, 2.24) is 14.3 Å². The first-order valence-electron chi connectivity index (χ1n) is 6.45. The third kappa shape index (κ3) is 5.19. The lowest BCUT2D eigenvalue weighted by molar-refractivity contribution is 0.0171. The maximum absolute atomic E-state index is 12.1. The van der Waals surface area contributed by atoms with Crippen LogP contribution in [0.4, 0.5) is 0 Å². The molecule has 7 heteroatoms. The molecular weight excluding hydrogens is 254 g/mol. The van der Waals surface area contributed by atoms with Crippen LogP contribution in [0.25, 0.3) is 0 Å². The SMILES string of the molecule is CNCCCN(C)S(=O)(=O)NC1CCOC(C)C1. The van der Waals surface area contributed by atoms with Gasteiger partial charge >= 0.3 is 0 Å². The molecule has 0 aromatic heterocycles. The first-order chi connectivity index (χ1) is 8.45. The van der Waals surface area contributed by atoms with Crippen LogP contribution in [-0.2, 0) is 14.9 Å². The lowest BCUT2D eigenvalue weighted by atomic mass is 10.1. The fraction of sp³-hybridized carbons (Fsp3) is 1.00. The molecule has 0 amide bonds. The molecule has 0 bridgehead atoms. The van der Waals surface area contributed by atoms with Gasteiger partial charge in [-0.25, -0.2) is 0 Å². The Balaban J connectivity index is 2.42. The van der Waals surface area contributed by atoms with Crippen molar-refractivity contribution in [2.45, 2.75) is 38.3 Å². The van der Waals surface area contributed by atoms with E-state index in [9.17, 15) is 8.42 Å². The van der Waals surface area contributed by atoms with Gasteiger partial charge in [0.15, 0.2) is 0 Å². The van der Waals surface area contributed by atoms with Gasteiger partial charge in [0.05, 0.1) is 6.10 Å². The van der Waals surface area contributed by atoms with Crippen LogP contribution in [0.5, 0.6) is 0 Å². The van der Waals surface area contributed by atoms with Crippen molar-refractivity contribution >= 4 is 10.2 Å². The van der Waals surface area contributed by atoms with Gasteiger partial charge in [-0.1, -0.05) is 0 Å². The van der Waals surface area contributed by atoms with E-state index < -0.39 is 10.2 Å². The molecular formula is C11H25N3O3S. The minimum absolute atomic E-state index is 0.00880. The van der Waals surface area contributed by atoms with Crippen molar-refractivity contribution in [3.8, 4) is 0 Å². The average molecular weight is 279 g/mol. The molecule has 18 heavy (non-hydrogen) atoms. The Labute approximate surface area is 110 Å². The molecule has 6 nitrogen and oxygen atoms in total. The molecule has 0 aromatic carbocycles. The van der Waals surface area contributed by atoms with Crippen LogP contribution >= 0.6 is 0 Å². The molecule has 2 unspecified atom stereocenters. The van der Waals surface area contributed by atoms with E-state index in [0.717, 1.165) is 25.8 Å². The molecule has 0 aliphatic carbocycles. The number of hydrogen-bond donors (Lipinski definition) is 2. The van der Waals surface area contributed by atoms with Gasteiger partial charge in [-0.3, -0.25) is 0 Å². The second-order valence-electron chi connectivity index (χ2n) is 4.80. The van der Waals surface area contributed by atoms with Gasteiger partial charge in [-0.15, -0.1) is 0 Å². The summed E-state index contributed by atoms with van der Waals surface area (Å²) in [5.74, 6) is 0. The summed E-state index contributed by atoms with van der Waals surface area (Å²) in [6, 6.07) is -0.00880. The van der Waals surface area contributed by atoms with Crippen LogP contribution in [0.2, 0.25) is 0 Å². The Kier molecular flexibility index (Phi) is 6.51. The maximum atomic E-state index is 12.1. The smallest absolute Gasteiger partial charge is 0.279 e. The van der Waals surface area contributed by atoms with Crippen LogP contribution in [0.15, 0.2) is 0 Å². The lowest BCUT2D eigenvalue weighted by Gasteiger charge is -2.29. The number of hydrogen-bond acceptors (Lipinski definition) is 4. The average Bonchev–Trinajstić information content (AvgIpc) is 2.28. The Morgan fingerprint density at radius 2 is 2.17 bits per heavy atom. The summed E-state index contributed by atoms with van der Waals surface area (Å²) < 4.78 is 33.6. The molecule has 0 saturated carbocycles. The van der Waals surface area contributed by atoms with Crippen LogP contribution in [0.3, 0.4) is 0 Å². The molecule has 0 radical (unpaired) electrons. The van der Waals surface area contributed by atoms with E-state index in [4.69, 9.17) is 4.74 Å². The quantitative estimate of drug-likeness (QED) is 0.640. The fourth-order valence-electron chi connectivity index (χ4n) is 2.00. The zero-order valence-electron chi connectivity index (χ0n) is 11.5. The third-order valence-corrected chi connectivity index (χ3v) is 4.75. The molecule has 1 saturated heterocycles. The summed E-state index contributed by atoms with van der Waals surface area (Å²) in [7, 11) is 0.105. The van der Waals surface area contributed by atoms with Gasteiger partial charge in [0, 0.05) is 26.2 Å². The minimum atomic E-state index is -3.36. The van der Waals surface area contributed by atoms with Crippen LogP contribution < -0.4 is 10.0 Å². The van der Waals surface area contributed by atoms with Gasteiger partial charge in [-0.2, -0.15) is 17.4 Å². The molecule has 0 spiro atoms. The predicted octanol–water partition coefficient (Wildman–Crippen LogP) is -0.0704. The normalized spacial score (nSPS) is 25.6. The summed E-state index contributed by atoms with van der Waals surface area (Å²) in [6.07, 6.45) is 2.41.